The first kappa shape index (κ1) is 20.5. The highest BCUT2D eigenvalue weighted by Gasteiger charge is 2.17. The molecule has 0 unspecified atom stereocenters. The number of nitrogens with one attached hydrogen (secondary N) is 1. The molecule has 0 radical (unpaired) electrons. The minimum Gasteiger partial charge on any atom is -0.390 e. The summed E-state index contributed by atoms with van der Waals surface area (Å²) < 4.78 is 4.17. The standard InChI is InChI=1S/C17H13Cl2N9O3/c18-12-4-2-1-3-11(12)7-26-8-13(19)15(23-26)21-16(29)14-5-6-25(22-14)10-27-9-20-17(24-27)28(30)31/h1-6,8-9H,7,10H2,(H,21,23,29). The fourth-order valence-corrected chi connectivity index (χ4v) is 3.08. The molecule has 0 bridgehead atoms. The van der Waals surface area contributed by atoms with Crippen LogP contribution in [0.25, 0.3) is 0 Å². The van der Waals surface area contributed by atoms with Crippen LogP contribution in [0.1, 0.15) is 16.1 Å². The van der Waals surface area contributed by atoms with Gasteiger partial charge in [0, 0.05) is 22.5 Å². The summed E-state index contributed by atoms with van der Waals surface area (Å²) in [5, 5.41) is 26.2. The van der Waals surface area contributed by atoms with E-state index in [4.69, 9.17) is 23.2 Å². The van der Waals surface area contributed by atoms with E-state index < -0.39 is 16.8 Å². The molecule has 31 heavy (non-hydrogen) atoms. The number of carbonyl (C=O) groups excluding carboxylic acids is 1. The normalized spacial score (nSPS) is 10.9. The Morgan fingerprint density at radius 2 is 1.87 bits per heavy atom. The molecule has 4 rings (SSSR count). The van der Waals surface area contributed by atoms with Crippen LogP contribution in [0.3, 0.4) is 0 Å². The maximum absolute atomic E-state index is 12.5. The van der Waals surface area contributed by atoms with E-state index in [-0.39, 0.29) is 23.2 Å². The lowest BCUT2D eigenvalue weighted by Crippen LogP contribution is -2.15. The number of anilines is 1. The van der Waals surface area contributed by atoms with Gasteiger partial charge in [-0.1, -0.05) is 46.4 Å². The van der Waals surface area contributed by atoms with Crippen LogP contribution in [0, 0.1) is 10.1 Å². The molecule has 0 spiro atoms. The number of carbonyl (C=O) groups is 1. The highest BCUT2D eigenvalue weighted by Crippen LogP contribution is 2.22. The van der Waals surface area contributed by atoms with Gasteiger partial charge in [-0.05, 0) is 22.6 Å². The minimum absolute atomic E-state index is 0.0430. The Morgan fingerprint density at radius 3 is 2.61 bits per heavy atom. The van der Waals surface area contributed by atoms with Crippen molar-refractivity contribution in [3.8, 4) is 0 Å². The van der Waals surface area contributed by atoms with Crippen LogP contribution in [-0.2, 0) is 13.2 Å². The summed E-state index contributed by atoms with van der Waals surface area (Å²) in [6.07, 6.45) is 4.31. The molecule has 3 heterocycles. The summed E-state index contributed by atoms with van der Waals surface area (Å²) in [6.45, 7) is 0.426. The third-order valence-corrected chi connectivity index (χ3v) is 4.74. The van der Waals surface area contributed by atoms with E-state index in [0.29, 0.717) is 11.6 Å². The SMILES string of the molecule is O=C(Nc1nn(Cc2ccccc2Cl)cc1Cl)c1ccn(Cn2cnc([N+](=O)[O-])n2)n1. The van der Waals surface area contributed by atoms with E-state index in [9.17, 15) is 14.9 Å². The zero-order chi connectivity index (χ0) is 22.0. The molecule has 1 N–H and O–H groups in total. The van der Waals surface area contributed by atoms with Crippen LogP contribution < -0.4 is 5.32 Å². The molecule has 0 aliphatic carbocycles. The van der Waals surface area contributed by atoms with E-state index in [0.717, 1.165) is 5.56 Å². The third kappa shape index (κ3) is 4.70. The second-order valence-corrected chi connectivity index (χ2v) is 7.11. The first-order valence-corrected chi connectivity index (χ1v) is 9.49. The third-order valence-electron chi connectivity index (χ3n) is 4.09. The monoisotopic (exact) mass is 461 g/mol. The molecule has 0 saturated heterocycles. The van der Waals surface area contributed by atoms with Gasteiger partial charge in [0.25, 0.3) is 5.91 Å². The van der Waals surface area contributed by atoms with Crippen LogP contribution in [0.4, 0.5) is 11.8 Å². The van der Waals surface area contributed by atoms with Crippen molar-refractivity contribution in [2.24, 2.45) is 0 Å². The average Bonchev–Trinajstić information content (AvgIpc) is 3.45. The van der Waals surface area contributed by atoms with Crippen molar-refractivity contribution in [2.75, 3.05) is 5.32 Å². The Hall–Kier alpha value is -3.77. The molecule has 0 atom stereocenters. The van der Waals surface area contributed by atoms with Gasteiger partial charge in [0.05, 0.1) is 6.54 Å². The number of amides is 1. The van der Waals surface area contributed by atoms with Crippen LogP contribution in [0.2, 0.25) is 10.0 Å². The minimum atomic E-state index is -0.701. The zero-order valence-electron chi connectivity index (χ0n) is 15.6. The number of aromatic nitrogens is 7. The van der Waals surface area contributed by atoms with Gasteiger partial charge >= 0.3 is 5.95 Å². The van der Waals surface area contributed by atoms with Gasteiger partial charge in [0.15, 0.2) is 18.2 Å². The number of hydrogen-bond donors (Lipinski definition) is 1. The molecule has 0 aliphatic rings. The number of benzene rings is 1. The van der Waals surface area contributed by atoms with E-state index in [1.54, 1.807) is 16.9 Å². The van der Waals surface area contributed by atoms with E-state index >= 15 is 0 Å². The summed E-state index contributed by atoms with van der Waals surface area (Å²) >= 11 is 12.4. The summed E-state index contributed by atoms with van der Waals surface area (Å²) in [5.74, 6) is -0.861. The van der Waals surface area contributed by atoms with Crippen molar-refractivity contribution in [1.82, 2.24) is 34.3 Å². The van der Waals surface area contributed by atoms with Crippen LogP contribution in [-0.4, -0.2) is 45.2 Å². The molecule has 1 amide bonds. The second-order valence-electron chi connectivity index (χ2n) is 6.29. The highest BCUT2D eigenvalue weighted by molar-refractivity contribution is 6.33. The summed E-state index contributed by atoms with van der Waals surface area (Å²) in [6, 6.07) is 8.82. The van der Waals surface area contributed by atoms with Crippen molar-refractivity contribution in [3.63, 3.8) is 0 Å². The highest BCUT2D eigenvalue weighted by atomic mass is 35.5. The molecular formula is C17H13Cl2N9O3. The van der Waals surface area contributed by atoms with E-state index in [1.807, 2.05) is 18.2 Å². The molecule has 1 aromatic carbocycles. The van der Waals surface area contributed by atoms with Crippen molar-refractivity contribution in [1.29, 1.82) is 0 Å². The van der Waals surface area contributed by atoms with Crippen molar-refractivity contribution in [2.45, 2.75) is 13.2 Å². The number of nitro groups is 1. The zero-order valence-corrected chi connectivity index (χ0v) is 17.1. The van der Waals surface area contributed by atoms with Gasteiger partial charge in [-0.3, -0.25) is 9.48 Å². The molecule has 4 aromatic rings. The Kier molecular flexibility index (Phi) is 5.64. The number of hydrogen-bond acceptors (Lipinski definition) is 7. The lowest BCUT2D eigenvalue weighted by Gasteiger charge is -2.04. The number of nitrogens with zero attached hydrogens (tertiary/aromatic N) is 8. The van der Waals surface area contributed by atoms with E-state index in [2.05, 4.69) is 25.6 Å². The molecular weight excluding hydrogens is 449 g/mol. The van der Waals surface area contributed by atoms with Gasteiger partial charge in [0.2, 0.25) is 6.33 Å². The molecule has 0 aliphatic heterocycles. The molecule has 0 fully saturated rings. The first-order valence-electron chi connectivity index (χ1n) is 8.74. The maximum Gasteiger partial charge on any atom is 0.491 e. The molecule has 158 valence electrons. The van der Waals surface area contributed by atoms with Crippen molar-refractivity contribution < 1.29 is 9.72 Å². The van der Waals surface area contributed by atoms with Crippen LogP contribution in [0.5, 0.6) is 0 Å². The summed E-state index contributed by atoms with van der Waals surface area (Å²) in [5.41, 5.74) is 0.958. The average molecular weight is 462 g/mol. The summed E-state index contributed by atoms with van der Waals surface area (Å²) in [4.78, 5) is 26.0. The topological polar surface area (TPSA) is 139 Å². The van der Waals surface area contributed by atoms with Gasteiger partial charge in [-0.15, -0.1) is 0 Å². The van der Waals surface area contributed by atoms with Crippen LogP contribution >= 0.6 is 23.2 Å². The van der Waals surface area contributed by atoms with Gasteiger partial charge < -0.3 is 15.4 Å². The van der Waals surface area contributed by atoms with Gasteiger partial charge in [-0.25, -0.2) is 4.68 Å². The quantitative estimate of drug-likeness (QED) is 0.329. The van der Waals surface area contributed by atoms with Crippen molar-refractivity contribution in [3.05, 3.63) is 80.5 Å². The van der Waals surface area contributed by atoms with Crippen molar-refractivity contribution >= 4 is 40.9 Å². The maximum atomic E-state index is 12.5. The lowest BCUT2D eigenvalue weighted by atomic mass is 10.2. The first-order chi connectivity index (χ1) is 14.9. The second kappa shape index (κ2) is 8.53. The molecule has 0 saturated carbocycles. The predicted molar refractivity (Wildman–Crippen MR) is 110 cm³/mol. The number of rotatable bonds is 7. The predicted octanol–water partition coefficient (Wildman–Crippen LogP) is 2.69. The van der Waals surface area contributed by atoms with Gasteiger partial charge in [-0.2, -0.15) is 14.9 Å². The summed E-state index contributed by atoms with van der Waals surface area (Å²) in [7, 11) is 0. The Balaban J connectivity index is 1.42. The molecule has 12 nitrogen and oxygen atoms in total. The smallest absolute Gasteiger partial charge is 0.390 e. The fourth-order valence-electron chi connectivity index (χ4n) is 2.68. The molecule has 3 aromatic heterocycles. The molecule has 14 heteroatoms. The Labute approximate surface area is 184 Å². The largest absolute Gasteiger partial charge is 0.491 e. The van der Waals surface area contributed by atoms with E-state index in [1.165, 1.54) is 28.0 Å². The Bertz CT molecular complexity index is 1260. The number of halogens is 2. The Morgan fingerprint density at radius 1 is 1.06 bits per heavy atom. The van der Waals surface area contributed by atoms with Crippen LogP contribution in [0.15, 0.2) is 49.1 Å². The fraction of sp³-hybridized carbons (Fsp3) is 0.118. The lowest BCUT2D eigenvalue weighted by molar-refractivity contribution is -0.394. The van der Waals surface area contributed by atoms with Gasteiger partial charge in [0.1, 0.15) is 5.02 Å².